The molecule has 0 saturated carbocycles. The monoisotopic (exact) mass is 298 g/mol. The molecule has 0 atom stereocenters. The first kappa shape index (κ1) is 15.3. The van der Waals surface area contributed by atoms with Gasteiger partial charge in [-0.25, -0.2) is 0 Å². The SMILES string of the molecule is O=P(O)(O)C(O)(Cc1ccc(O)cc1)P(=O)(O)O. The summed E-state index contributed by atoms with van der Waals surface area (Å²) in [5.41, 5.74) is 0.0574. The highest BCUT2D eigenvalue weighted by Crippen LogP contribution is 2.68. The maximum atomic E-state index is 11.1. The molecule has 0 aliphatic carbocycles. The van der Waals surface area contributed by atoms with Crippen molar-refractivity contribution < 1.29 is 38.9 Å². The van der Waals surface area contributed by atoms with Gasteiger partial charge in [0.05, 0.1) is 0 Å². The van der Waals surface area contributed by atoms with Crippen LogP contribution in [0.2, 0.25) is 0 Å². The summed E-state index contributed by atoms with van der Waals surface area (Å²) in [7, 11) is -10.9. The second kappa shape index (κ2) is 4.75. The molecule has 0 amide bonds. The number of hydrogen-bond acceptors (Lipinski definition) is 4. The third-order valence-electron chi connectivity index (χ3n) is 2.31. The zero-order valence-electron chi connectivity index (χ0n) is 8.91. The van der Waals surface area contributed by atoms with Crippen LogP contribution in [0.5, 0.6) is 5.75 Å². The molecule has 0 bridgehead atoms. The van der Waals surface area contributed by atoms with Gasteiger partial charge in [-0.1, -0.05) is 12.1 Å². The molecule has 1 aromatic carbocycles. The summed E-state index contributed by atoms with van der Waals surface area (Å²) < 4.78 is 22.1. The summed E-state index contributed by atoms with van der Waals surface area (Å²) in [6, 6.07) is 4.70. The van der Waals surface area contributed by atoms with Crippen molar-refractivity contribution in [2.75, 3.05) is 0 Å². The third kappa shape index (κ3) is 2.99. The molecule has 0 heterocycles. The van der Waals surface area contributed by atoms with Gasteiger partial charge in [-0.15, -0.1) is 0 Å². The number of phenolic OH excluding ortho intramolecular Hbond substituents is 1. The lowest BCUT2D eigenvalue weighted by molar-refractivity contribution is 0.131. The Morgan fingerprint density at radius 3 is 1.67 bits per heavy atom. The van der Waals surface area contributed by atoms with Crippen LogP contribution in [-0.4, -0.2) is 34.9 Å². The van der Waals surface area contributed by atoms with Crippen molar-refractivity contribution >= 4 is 15.2 Å². The lowest BCUT2D eigenvalue weighted by Crippen LogP contribution is -2.31. The summed E-state index contributed by atoms with van der Waals surface area (Å²) in [6.07, 6.45) is -0.943. The third-order valence-corrected chi connectivity index (χ3v) is 6.06. The van der Waals surface area contributed by atoms with Crippen LogP contribution in [0.4, 0.5) is 0 Å². The van der Waals surface area contributed by atoms with E-state index in [-0.39, 0.29) is 11.3 Å². The Morgan fingerprint density at radius 1 is 0.944 bits per heavy atom. The molecule has 0 aliphatic heterocycles. The Kier molecular flexibility index (Phi) is 4.05. The number of rotatable bonds is 4. The second-order valence-corrected chi connectivity index (χ2v) is 7.71. The van der Waals surface area contributed by atoms with Gasteiger partial charge in [0.15, 0.2) is 0 Å². The molecule has 18 heavy (non-hydrogen) atoms. The molecule has 0 radical (unpaired) electrons. The molecular weight excluding hydrogens is 286 g/mol. The average molecular weight is 298 g/mol. The van der Waals surface area contributed by atoms with Crippen molar-refractivity contribution in [3.05, 3.63) is 29.8 Å². The minimum atomic E-state index is -5.46. The van der Waals surface area contributed by atoms with E-state index >= 15 is 0 Å². The summed E-state index contributed by atoms with van der Waals surface area (Å²) in [6.45, 7) is 0. The first-order chi connectivity index (χ1) is 7.97. The standard InChI is InChI=1S/C8H12O8P2/c9-7-3-1-6(2-4-7)5-8(10,17(11,12)13)18(14,15)16/h1-4,9-10H,5H2,(H2,11,12,13)(H2,14,15,16). The summed E-state index contributed by atoms with van der Waals surface area (Å²) >= 11 is 0. The summed E-state index contributed by atoms with van der Waals surface area (Å²) in [4.78, 5) is 35.6. The molecule has 8 nitrogen and oxygen atoms in total. The van der Waals surface area contributed by atoms with E-state index in [9.17, 15) is 14.2 Å². The number of hydrogen-bond donors (Lipinski definition) is 6. The van der Waals surface area contributed by atoms with Gasteiger partial charge in [0.25, 0.3) is 5.08 Å². The molecule has 0 saturated heterocycles. The van der Waals surface area contributed by atoms with Gasteiger partial charge in [0.1, 0.15) is 5.75 Å². The fourth-order valence-corrected chi connectivity index (χ4v) is 3.40. The van der Waals surface area contributed by atoms with Crippen LogP contribution in [0.3, 0.4) is 0 Å². The van der Waals surface area contributed by atoms with Crippen LogP contribution >= 0.6 is 15.2 Å². The number of aromatic hydroxyl groups is 1. The van der Waals surface area contributed by atoms with Gasteiger partial charge in [-0.2, -0.15) is 0 Å². The van der Waals surface area contributed by atoms with Crippen molar-refractivity contribution in [2.45, 2.75) is 11.5 Å². The predicted octanol–water partition coefficient (Wildman–Crippen LogP) is -0.0638. The zero-order chi connectivity index (χ0) is 14.2. The first-order valence-corrected chi connectivity index (χ1v) is 7.81. The van der Waals surface area contributed by atoms with Gasteiger partial charge in [-0.05, 0) is 17.7 Å². The highest BCUT2D eigenvalue weighted by molar-refractivity contribution is 7.72. The Labute approximate surface area is 102 Å². The fraction of sp³-hybridized carbons (Fsp3) is 0.250. The van der Waals surface area contributed by atoms with E-state index in [0.717, 1.165) is 12.1 Å². The summed E-state index contributed by atoms with van der Waals surface area (Å²) in [5, 5.41) is 15.1. The Balaban J connectivity index is 3.20. The largest absolute Gasteiger partial charge is 0.508 e. The van der Waals surface area contributed by atoms with Gasteiger partial charge in [-0.3, -0.25) is 9.13 Å². The molecule has 1 aromatic rings. The fourth-order valence-electron chi connectivity index (χ4n) is 1.26. The van der Waals surface area contributed by atoms with Crippen LogP contribution in [-0.2, 0) is 15.6 Å². The van der Waals surface area contributed by atoms with Gasteiger partial charge >= 0.3 is 15.2 Å². The van der Waals surface area contributed by atoms with E-state index in [1.807, 2.05) is 0 Å². The van der Waals surface area contributed by atoms with Crippen molar-refractivity contribution in [1.82, 2.24) is 0 Å². The molecule has 102 valence electrons. The molecular formula is C8H12O8P2. The van der Waals surface area contributed by atoms with Gasteiger partial charge in [0, 0.05) is 6.42 Å². The van der Waals surface area contributed by atoms with E-state index < -0.39 is 26.7 Å². The molecule has 0 aromatic heterocycles. The highest BCUT2D eigenvalue weighted by Gasteiger charge is 2.59. The number of phenols is 1. The van der Waals surface area contributed by atoms with Crippen molar-refractivity contribution in [1.29, 1.82) is 0 Å². The molecule has 0 spiro atoms. The van der Waals surface area contributed by atoms with Crippen LogP contribution in [0, 0.1) is 0 Å². The van der Waals surface area contributed by atoms with Crippen molar-refractivity contribution in [3.63, 3.8) is 0 Å². The Bertz CT molecular complexity index is 490. The zero-order valence-corrected chi connectivity index (χ0v) is 10.7. The van der Waals surface area contributed by atoms with Crippen LogP contribution < -0.4 is 0 Å². The lowest BCUT2D eigenvalue weighted by Gasteiger charge is -2.29. The second-order valence-electron chi connectivity index (χ2n) is 3.71. The maximum Gasteiger partial charge on any atom is 0.369 e. The Morgan fingerprint density at radius 2 is 1.33 bits per heavy atom. The van der Waals surface area contributed by atoms with E-state index in [2.05, 4.69) is 0 Å². The average Bonchev–Trinajstić information content (AvgIpc) is 2.18. The quantitative estimate of drug-likeness (QED) is 0.422. The maximum absolute atomic E-state index is 11.1. The van der Waals surface area contributed by atoms with E-state index in [4.69, 9.17) is 24.7 Å². The number of benzene rings is 1. The van der Waals surface area contributed by atoms with Gasteiger partial charge < -0.3 is 29.8 Å². The highest BCUT2D eigenvalue weighted by atomic mass is 31.2. The van der Waals surface area contributed by atoms with E-state index in [1.54, 1.807) is 0 Å². The molecule has 6 N–H and O–H groups in total. The van der Waals surface area contributed by atoms with E-state index in [1.165, 1.54) is 12.1 Å². The van der Waals surface area contributed by atoms with Crippen molar-refractivity contribution in [2.24, 2.45) is 0 Å². The van der Waals surface area contributed by atoms with Gasteiger partial charge in [0.2, 0.25) is 0 Å². The topological polar surface area (TPSA) is 156 Å². The van der Waals surface area contributed by atoms with Crippen molar-refractivity contribution in [3.8, 4) is 5.75 Å². The minimum absolute atomic E-state index is 0.0574. The first-order valence-electron chi connectivity index (χ1n) is 4.59. The minimum Gasteiger partial charge on any atom is -0.508 e. The smallest absolute Gasteiger partial charge is 0.369 e. The number of aliphatic hydroxyl groups is 1. The lowest BCUT2D eigenvalue weighted by atomic mass is 10.1. The molecule has 0 unspecified atom stereocenters. The predicted molar refractivity (Wildman–Crippen MR) is 60.8 cm³/mol. The van der Waals surface area contributed by atoms with Crippen LogP contribution in [0.25, 0.3) is 0 Å². The van der Waals surface area contributed by atoms with Crippen LogP contribution in [0.1, 0.15) is 5.56 Å². The van der Waals surface area contributed by atoms with Crippen LogP contribution in [0.15, 0.2) is 24.3 Å². The molecule has 1 rings (SSSR count). The summed E-state index contributed by atoms with van der Waals surface area (Å²) in [5.74, 6) is -0.130. The molecule has 0 aliphatic rings. The molecule has 10 heteroatoms. The molecule has 0 fully saturated rings. The Hall–Kier alpha value is -0.720. The normalized spacial score (nSPS) is 13.6. The van der Waals surface area contributed by atoms with E-state index in [0.29, 0.717) is 0 Å².